The van der Waals surface area contributed by atoms with Crippen LogP contribution in [0.5, 0.6) is 0 Å². The molecule has 0 aromatic carbocycles. The van der Waals surface area contributed by atoms with E-state index in [4.69, 9.17) is 0 Å². The van der Waals surface area contributed by atoms with Gasteiger partial charge in [-0.15, -0.1) is 0 Å². The second-order valence-corrected chi connectivity index (χ2v) is 5.31. The Balaban J connectivity index is 2.11. The highest BCUT2D eigenvalue weighted by Gasteiger charge is 2.27. The second-order valence-electron chi connectivity index (χ2n) is 5.31. The number of hydrogen-bond donors (Lipinski definition) is 1. The quantitative estimate of drug-likeness (QED) is 0.867. The van der Waals surface area contributed by atoms with Crippen LogP contribution in [-0.2, 0) is 6.54 Å². The lowest BCUT2D eigenvalue weighted by atomic mass is 9.99. The van der Waals surface area contributed by atoms with E-state index in [2.05, 4.69) is 49.2 Å². The summed E-state index contributed by atoms with van der Waals surface area (Å²) in [6.45, 7) is 12.0. The Kier molecular flexibility index (Phi) is 3.72. The number of rotatable bonds is 3. The summed E-state index contributed by atoms with van der Waals surface area (Å²) < 4.78 is 1.99. The van der Waals surface area contributed by atoms with Crippen LogP contribution in [-0.4, -0.2) is 35.0 Å². The van der Waals surface area contributed by atoms with Gasteiger partial charge in [0.25, 0.3) is 0 Å². The Morgan fingerprint density at radius 2 is 2.29 bits per heavy atom. The SMILES string of the molecule is CCn1cc(N2CC(C(C)C)NCC2C)cn1. The molecule has 0 radical (unpaired) electrons. The van der Waals surface area contributed by atoms with Gasteiger partial charge in [0.2, 0.25) is 0 Å². The molecular weight excluding hydrogens is 212 g/mol. The molecule has 1 fully saturated rings. The third kappa shape index (κ3) is 2.63. The van der Waals surface area contributed by atoms with Crippen LogP contribution in [0.1, 0.15) is 27.7 Å². The lowest BCUT2D eigenvalue weighted by Gasteiger charge is -2.41. The molecule has 17 heavy (non-hydrogen) atoms. The highest BCUT2D eigenvalue weighted by atomic mass is 15.3. The third-order valence-corrected chi connectivity index (χ3v) is 3.68. The van der Waals surface area contributed by atoms with Crippen molar-refractivity contribution in [3.63, 3.8) is 0 Å². The fourth-order valence-electron chi connectivity index (χ4n) is 2.37. The van der Waals surface area contributed by atoms with Gasteiger partial charge < -0.3 is 10.2 Å². The van der Waals surface area contributed by atoms with Crippen molar-refractivity contribution in [2.45, 2.75) is 46.3 Å². The van der Waals surface area contributed by atoms with Crippen molar-refractivity contribution in [3.8, 4) is 0 Å². The predicted molar refractivity (Wildman–Crippen MR) is 71.3 cm³/mol. The van der Waals surface area contributed by atoms with E-state index < -0.39 is 0 Å². The van der Waals surface area contributed by atoms with Gasteiger partial charge in [-0.3, -0.25) is 4.68 Å². The molecule has 0 aliphatic carbocycles. The van der Waals surface area contributed by atoms with Gasteiger partial charge in [-0.05, 0) is 19.8 Å². The minimum absolute atomic E-state index is 0.541. The second kappa shape index (κ2) is 5.08. The van der Waals surface area contributed by atoms with Crippen molar-refractivity contribution < 1.29 is 0 Å². The summed E-state index contributed by atoms with van der Waals surface area (Å²) in [5, 5.41) is 7.99. The number of nitrogens with zero attached hydrogens (tertiary/aromatic N) is 3. The smallest absolute Gasteiger partial charge is 0.0755 e. The molecule has 2 unspecified atom stereocenters. The van der Waals surface area contributed by atoms with Crippen molar-refractivity contribution in [3.05, 3.63) is 12.4 Å². The summed E-state index contributed by atoms with van der Waals surface area (Å²) >= 11 is 0. The maximum Gasteiger partial charge on any atom is 0.0755 e. The van der Waals surface area contributed by atoms with Gasteiger partial charge in [-0.25, -0.2) is 0 Å². The zero-order chi connectivity index (χ0) is 12.4. The van der Waals surface area contributed by atoms with Gasteiger partial charge in [-0.1, -0.05) is 13.8 Å². The molecule has 1 aromatic heterocycles. The molecule has 2 rings (SSSR count). The average molecular weight is 236 g/mol. The van der Waals surface area contributed by atoms with E-state index in [-0.39, 0.29) is 0 Å². The topological polar surface area (TPSA) is 33.1 Å². The summed E-state index contributed by atoms with van der Waals surface area (Å²) in [4.78, 5) is 2.47. The lowest BCUT2D eigenvalue weighted by molar-refractivity contribution is 0.337. The summed E-state index contributed by atoms with van der Waals surface area (Å²) in [5.74, 6) is 0.672. The van der Waals surface area contributed by atoms with E-state index in [0.29, 0.717) is 18.0 Å². The summed E-state index contributed by atoms with van der Waals surface area (Å²) in [5.41, 5.74) is 1.26. The van der Waals surface area contributed by atoms with Gasteiger partial charge in [0.15, 0.2) is 0 Å². The highest BCUT2D eigenvalue weighted by Crippen LogP contribution is 2.21. The number of aryl methyl sites for hydroxylation is 1. The van der Waals surface area contributed by atoms with Gasteiger partial charge >= 0.3 is 0 Å². The Labute approximate surface area is 104 Å². The third-order valence-electron chi connectivity index (χ3n) is 3.68. The first-order chi connectivity index (χ1) is 8.11. The first-order valence-corrected chi connectivity index (χ1v) is 6.64. The molecular formula is C13H24N4. The van der Waals surface area contributed by atoms with Gasteiger partial charge in [0.1, 0.15) is 0 Å². The maximum absolute atomic E-state index is 4.37. The molecule has 0 saturated carbocycles. The molecule has 2 heterocycles. The van der Waals surface area contributed by atoms with E-state index in [1.807, 2.05) is 10.9 Å². The molecule has 1 aromatic rings. The average Bonchev–Trinajstić information content (AvgIpc) is 2.77. The van der Waals surface area contributed by atoms with Crippen LogP contribution in [0.2, 0.25) is 0 Å². The number of anilines is 1. The minimum atomic E-state index is 0.541. The fraction of sp³-hybridized carbons (Fsp3) is 0.769. The zero-order valence-corrected chi connectivity index (χ0v) is 11.3. The first kappa shape index (κ1) is 12.4. The van der Waals surface area contributed by atoms with Crippen molar-refractivity contribution >= 4 is 5.69 Å². The standard InChI is InChI=1S/C13H24N4/c1-5-16-8-12(7-15-16)17-9-13(10(2)3)14-6-11(17)4/h7-8,10-11,13-14H,5-6,9H2,1-4H3. The molecule has 0 spiro atoms. The van der Waals surface area contributed by atoms with Crippen LogP contribution in [0.4, 0.5) is 5.69 Å². The molecule has 1 N–H and O–H groups in total. The van der Waals surface area contributed by atoms with Crippen LogP contribution in [0.25, 0.3) is 0 Å². The normalized spacial score (nSPS) is 25.6. The fourth-order valence-corrected chi connectivity index (χ4v) is 2.37. The number of aromatic nitrogens is 2. The largest absolute Gasteiger partial charge is 0.363 e. The molecule has 2 atom stereocenters. The molecule has 1 aliphatic rings. The van der Waals surface area contributed by atoms with E-state index in [9.17, 15) is 0 Å². The van der Waals surface area contributed by atoms with Crippen LogP contribution < -0.4 is 10.2 Å². The first-order valence-electron chi connectivity index (χ1n) is 6.64. The lowest BCUT2D eigenvalue weighted by Crippen LogP contribution is -2.57. The van der Waals surface area contributed by atoms with Crippen molar-refractivity contribution in [2.75, 3.05) is 18.0 Å². The van der Waals surface area contributed by atoms with E-state index in [1.54, 1.807) is 0 Å². The monoisotopic (exact) mass is 236 g/mol. The maximum atomic E-state index is 4.37. The predicted octanol–water partition coefficient (Wildman–Crippen LogP) is 1.73. The summed E-state index contributed by atoms with van der Waals surface area (Å²) in [6, 6.07) is 1.12. The number of nitrogens with one attached hydrogen (secondary N) is 1. The van der Waals surface area contributed by atoms with Crippen LogP contribution in [0, 0.1) is 5.92 Å². The zero-order valence-electron chi connectivity index (χ0n) is 11.3. The van der Waals surface area contributed by atoms with E-state index >= 15 is 0 Å². The van der Waals surface area contributed by atoms with Gasteiger partial charge in [-0.2, -0.15) is 5.10 Å². The van der Waals surface area contributed by atoms with E-state index in [0.717, 1.165) is 19.6 Å². The molecule has 1 aliphatic heterocycles. The Hall–Kier alpha value is -1.03. The van der Waals surface area contributed by atoms with Crippen molar-refractivity contribution in [1.82, 2.24) is 15.1 Å². The molecule has 4 nitrogen and oxygen atoms in total. The minimum Gasteiger partial charge on any atom is -0.363 e. The molecule has 4 heteroatoms. The van der Waals surface area contributed by atoms with E-state index in [1.165, 1.54) is 5.69 Å². The molecule has 0 amide bonds. The Morgan fingerprint density at radius 1 is 1.53 bits per heavy atom. The van der Waals surface area contributed by atoms with Crippen LogP contribution in [0.3, 0.4) is 0 Å². The van der Waals surface area contributed by atoms with Crippen LogP contribution in [0.15, 0.2) is 12.4 Å². The van der Waals surface area contributed by atoms with Crippen LogP contribution >= 0.6 is 0 Å². The van der Waals surface area contributed by atoms with Crippen molar-refractivity contribution in [2.24, 2.45) is 5.92 Å². The molecule has 96 valence electrons. The number of hydrogen-bond acceptors (Lipinski definition) is 3. The summed E-state index contributed by atoms with van der Waals surface area (Å²) in [6.07, 6.45) is 4.14. The van der Waals surface area contributed by atoms with Crippen molar-refractivity contribution in [1.29, 1.82) is 0 Å². The molecule has 0 bridgehead atoms. The van der Waals surface area contributed by atoms with Gasteiger partial charge in [0.05, 0.1) is 11.9 Å². The van der Waals surface area contributed by atoms with Gasteiger partial charge in [0, 0.05) is 37.9 Å². The Morgan fingerprint density at radius 3 is 2.88 bits per heavy atom. The summed E-state index contributed by atoms with van der Waals surface area (Å²) in [7, 11) is 0. The number of piperazine rings is 1. The highest BCUT2D eigenvalue weighted by molar-refractivity contribution is 5.44. The Bertz CT molecular complexity index is 358. The molecule has 1 saturated heterocycles.